The highest BCUT2D eigenvalue weighted by Crippen LogP contribution is 2.18. The SMILES string of the molecule is Cc1ccc2cc(CN3CCN(C)CC3CN)ccc2n1. The molecule has 2 N–H and O–H groups in total. The normalized spacial score (nSPS) is 21.0. The van der Waals surface area contributed by atoms with Crippen LogP contribution in [-0.2, 0) is 6.54 Å². The number of aromatic nitrogens is 1. The van der Waals surface area contributed by atoms with Gasteiger partial charge in [0.15, 0.2) is 0 Å². The fraction of sp³-hybridized carbons (Fsp3) is 0.471. The first-order valence-corrected chi connectivity index (χ1v) is 7.64. The van der Waals surface area contributed by atoms with Crippen LogP contribution in [0.15, 0.2) is 30.3 Å². The molecule has 1 aliphatic rings. The largest absolute Gasteiger partial charge is 0.329 e. The minimum atomic E-state index is 0.454. The van der Waals surface area contributed by atoms with E-state index in [1.165, 1.54) is 10.9 Å². The zero-order valence-electron chi connectivity index (χ0n) is 12.9. The van der Waals surface area contributed by atoms with Crippen LogP contribution in [0.3, 0.4) is 0 Å². The number of likely N-dealkylation sites (N-methyl/N-ethyl adjacent to an activating group) is 1. The summed E-state index contributed by atoms with van der Waals surface area (Å²) in [6, 6.07) is 11.3. The van der Waals surface area contributed by atoms with Gasteiger partial charge in [-0.25, -0.2) is 0 Å². The number of aryl methyl sites for hydroxylation is 1. The first-order valence-electron chi connectivity index (χ1n) is 7.64. The summed E-state index contributed by atoms with van der Waals surface area (Å²) in [5, 5.41) is 1.22. The molecular formula is C17H24N4. The van der Waals surface area contributed by atoms with Gasteiger partial charge in [-0.2, -0.15) is 0 Å². The molecule has 3 rings (SSSR count). The average Bonchev–Trinajstić information content (AvgIpc) is 2.49. The lowest BCUT2D eigenvalue weighted by Crippen LogP contribution is -2.54. The van der Waals surface area contributed by atoms with E-state index in [1.54, 1.807) is 0 Å². The van der Waals surface area contributed by atoms with Gasteiger partial charge in [-0.1, -0.05) is 12.1 Å². The maximum atomic E-state index is 5.94. The van der Waals surface area contributed by atoms with Crippen molar-refractivity contribution in [3.8, 4) is 0 Å². The van der Waals surface area contributed by atoms with Crippen molar-refractivity contribution in [3.63, 3.8) is 0 Å². The molecule has 0 aliphatic carbocycles. The minimum Gasteiger partial charge on any atom is -0.329 e. The second-order valence-electron chi connectivity index (χ2n) is 6.10. The fourth-order valence-electron chi connectivity index (χ4n) is 3.09. The van der Waals surface area contributed by atoms with Gasteiger partial charge < -0.3 is 10.6 Å². The third kappa shape index (κ3) is 3.23. The molecular weight excluding hydrogens is 260 g/mol. The molecule has 0 radical (unpaired) electrons. The van der Waals surface area contributed by atoms with Gasteiger partial charge >= 0.3 is 0 Å². The molecule has 112 valence electrons. The highest BCUT2D eigenvalue weighted by atomic mass is 15.3. The quantitative estimate of drug-likeness (QED) is 0.930. The molecule has 0 saturated carbocycles. The van der Waals surface area contributed by atoms with E-state index in [0.717, 1.165) is 43.9 Å². The van der Waals surface area contributed by atoms with Gasteiger partial charge in [0.05, 0.1) is 5.52 Å². The van der Waals surface area contributed by atoms with Crippen LogP contribution in [0, 0.1) is 6.92 Å². The van der Waals surface area contributed by atoms with Gasteiger partial charge in [-0.15, -0.1) is 0 Å². The summed E-state index contributed by atoms with van der Waals surface area (Å²) in [4.78, 5) is 9.43. The lowest BCUT2D eigenvalue weighted by Gasteiger charge is -2.39. The van der Waals surface area contributed by atoms with Crippen molar-refractivity contribution in [2.24, 2.45) is 5.73 Å². The van der Waals surface area contributed by atoms with E-state index in [-0.39, 0.29) is 0 Å². The van der Waals surface area contributed by atoms with E-state index in [0.29, 0.717) is 6.04 Å². The summed E-state index contributed by atoms with van der Waals surface area (Å²) in [7, 11) is 2.17. The van der Waals surface area contributed by atoms with E-state index in [1.807, 2.05) is 6.92 Å². The second-order valence-corrected chi connectivity index (χ2v) is 6.10. The third-order valence-corrected chi connectivity index (χ3v) is 4.36. The van der Waals surface area contributed by atoms with Crippen molar-refractivity contribution >= 4 is 10.9 Å². The highest BCUT2D eigenvalue weighted by molar-refractivity contribution is 5.79. The molecule has 0 bridgehead atoms. The molecule has 1 atom stereocenters. The van der Waals surface area contributed by atoms with Crippen molar-refractivity contribution < 1.29 is 0 Å². The Kier molecular flexibility index (Phi) is 4.19. The Morgan fingerprint density at radius 2 is 2.10 bits per heavy atom. The Morgan fingerprint density at radius 1 is 1.24 bits per heavy atom. The van der Waals surface area contributed by atoms with Crippen LogP contribution in [0.1, 0.15) is 11.3 Å². The van der Waals surface area contributed by atoms with Gasteiger partial charge in [-0.3, -0.25) is 9.88 Å². The fourth-order valence-corrected chi connectivity index (χ4v) is 3.09. The van der Waals surface area contributed by atoms with Crippen molar-refractivity contribution in [2.75, 3.05) is 33.2 Å². The number of hydrogen-bond donors (Lipinski definition) is 1. The highest BCUT2D eigenvalue weighted by Gasteiger charge is 2.23. The molecule has 1 aromatic carbocycles. The van der Waals surface area contributed by atoms with Gasteiger partial charge in [0.1, 0.15) is 0 Å². The van der Waals surface area contributed by atoms with Gasteiger partial charge in [0.2, 0.25) is 0 Å². The van der Waals surface area contributed by atoms with Crippen molar-refractivity contribution in [2.45, 2.75) is 19.5 Å². The van der Waals surface area contributed by atoms with Crippen molar-refractivity contribution in [1.82, 2.24) is 14.8 Å². The lowest BCUT2D eigenvalue weighted by molar-refractivity contribution is 0.0881. The average molecular weight is 284 g/mol. The van der Waals surface area contributed by atoms with Crippen molar-refractivity contribution in [1.29, 1.82) is 0 Å². The molecule has 1 aromatic heterocycles. The Labute approximate surface area is 126 Å². The zero-order chi connectivity index (χ0) is 14.8. The Balaban J connectivity index is 1.79. The number of benzene rings is 1. The molecule has 2 aromatic rings. The molecule has 0 spiro atoms. The van der Waals surface area contributed by atoms with Crippen LogP contribution in [-0.4, -0.2) is 54.1 Å². The summed E-state index contributed by atoms with van der Waals surface area (Å²) < 4.78 is 0. The number of pyridine rings is 1. The smallest absolute Gasteiger partial charge is 0.0705 e. The molecule has 4 heteroatoms. The summed E-state index contributed by atoms with van der Waals surface area (Å²) in [5.74, 6) is 0. The second kappa shape index (κ2) is 6.10. The predicted molar refractivity (Wildman–Crippen MR) is 87.2 cm³/mol. The van der Waals surface area contributed by atoms with Crippen LogP contribution in [0.2, 0.25) is 0 Å². The third-order valence-electron chi connectivity index (χ3n) is 4.36. The standard InChI is InChI=1S/C17H24N4/c1-13-3-5-15-9-14(4-6-17(15)19-13)11-21-8-7-20(2)12-16(21)10-18/h3-6,9,16H,7-8,10-12,18H2,1-2H3. The number of fused-ring (bicyclic) bond motifs is 1. The molecule has 1 fully saturated rings. The maximum Gasteiger partial charge on any atom is 0.0705 e. The topological polar surface area (TPSA) is 45.4 Å². The zero-order valence-corrected chi connectivity index (χ0v) is 12.9. The molecule has 0 amide bonds. The number of piperazine rings is 1. The van der Waals surface area contributed by atoms with Crippen LogP contribution in [0.25, 0.3) is 10.9 Å². The van der Waals surface area contributed by atoms with Crippen molar-refractivity contribution in [3.05, 3.63) is 41.6 Å². The Morgan fingerprint density at radius 3 is 2.90 bits per heavy atom. The summed E-state index contributed by atoms with van der Waals surface area (Å²) in [6.07, 6.45) is 0. The monoisotopic (exact) mass is 284 g/mol. The Hall–Kier alpha value is -1.49. The summed E-state index contributed by atoms with van der Waals surface area (Å²) in [5.41, 5.74) is 9.43. The van der Waals surface area contributed by atoms with Crippen LogP contribution < -0.4 is 5.73 Å². The molecule has 21 heavy (non-hydrogen) atoms. The molecule has 2 heterocycles. The number of nitrogens with two attached hydrogens (primary N) is 1. The van der Waals surface area contributed by atoms with Crippen LogP contribution in [0.5, 0.6) is 0 Å². The predicted octanol–water partition coefficient (Wildman–Crippen LogP) is 1.62. The molecule has 1 aliphatic heterocycles. The number of rotatable bonds is 3. The van der Waals surface area contributed by atoms with E-state index in [4.69, 9.17) is 5.73 Å². The Bertz CT molecular complexity index is 625. The van der Waals surface area contributed by atoms with Gasteiger partial charge in [0, 0.05) is 49.8 Å². The minimum absolute atomic E-state index is 0.454. The number of hydrogen-bond acceptors (Lipinski definition) is 4. The van der Waals surface area contributed by atoms with Gasteiger partial charge in [-0.05, 0) is 37.7 Å². The van der Waals surface area contributed by atoms with Gasteiger partial charge in [0.25, 0.3) is 0 Å². The van der Waals surface area contributed by atoms with E-state index in [9.17, 15) is 0 Å². The molecule has 1 unspecified atom stereocenters. The van der Waals surface area contributed by atoms with E-state index >= 15 is 0 Å². The van der Waals surface area contributed by atoms with E-state index < -0.39 is 0 Å². The summed E-state index contributed by atoms with van der Waals surface area (Å²) >= 11 is 0. The lowest BCUT2D eigenvalue weighted by atomic mass is 10.1. The van der Waals surface area contributed by atoms with E-state index in [2.05, 4.69) is 52.2 Å². The van der Waals surface area contributed by atoms with Crippen LogP contribution >= 0.6 is 0 Å². The first-order chi connectivity index (χ1) is 10.2. The molecule has 1 saturated heterocycles. The first kappa shape index (κ1) is 14.4. The maximum absolute atomic E-state index is 5.94. The number of nitrogens with zero attached hydrogens (tertiary/aromatic N) is 3. The molecule has 4 nitrogen and oxygen atoms in total. The summed E-state index contributed by atoms with van der Waals surface area (Å²) in [6.45, 7) is 6.99. The van der Waals surface area contributed by atoms with Crippen LogP contribution in [0.4, 0.5) is 0 Å².